The maximum absolute atomic E-state index is 14.5. The summed E-state index contributed by atoms with van der Waals surface area (Å²) in [4.78, 5) is 12.1. The third-order valence-electron chi connectivity index (χ3n) is 5.62. The van der Waals surface area contributed by atoms with Crippen LogP contribution >= 0.6 is 11.6 Å². The van der Waals surface area contributed by atoms with E-state index < -0.39 is 17.5 Å². The van der Waals surface area contributed by atoms with Gasteiger partial charge < -0.3 is 10.3 Å². The molecular formula is C26H16ClF2N2O. The first-order valence-corrected chi connectivity index (χ1v) is 10.3. The van der Waals surface area contributed by atoms with E-state index in [2.05, 4.69) is 6.07 Å². The largest absolute Gasteiger partial charge is 0.366 e. The van der Waals surface area contributed by atoms with Crippen molar-refractivity contribution in [2.24, 2.45) is 5.73 Å². The zero-order valence-electron chi connectivity index (χ0n) is 16.7. The number of nitrogens with two attached hydrogens (primary N) is 1. The maximum atomic E-state index is 14.5. The lowest BCUT2D eigenvalue weighted by atomic mass is 10.0. The van der Waals surface area contributed by atoms with Gasteiger partial charge in [-0.05, 0) is 65.7 Å². The van der Waals surface area contributed by atoms with Crippen molar-refractivity contribution in [2.75, 3.05) is 0 Å². The summed E-state index contributed by atoms with van der Waals surface area (Å²) >= 11 is 6.01. The van der Waals surface area contributed by atoms with Crippen LogP contribution in [0.2, 0.25) is 5.02 Å². The number of fused-ring (bicyclic) bond motifs is 3. The summed E-state index contributed by atoms with van der Waals surface area (Å²) in [6, 6.07) is 23.3. The molecule has 0 unspecified atom stereocenters. The molecule has 0 aliphatic heterocycles. The van der Waals surface area contributed by atoms with Gasteiger partial charge >= 0.3 is 0 Å². The third kappa shape index (κ3) is 3.31. The van der Waals surface area contributed by atoms with Crippen LogP contribution in [0.1, 0.15) is 15.9 Å². The van der Waals surface area contributed by atoms with E-state index in [9.17, 15) is 13.6 Å². The second-order valence-electron chi connectivity index (χ2n) is 7.51. The Bertz CT molecular complexity index is 1490. The van der Waals surface area contributed by atoms with Gasteiger partial charge in [0.15, 0.2) is 0 Å². The number of benzene rings is 4. The standard InChI is InChI=1S/C26H16ClF2N2O/c27-17-10-7-15(8-11-17)16-9-12-18-24(13-16)31(14-20-21(28)4-2-5-22(20)29)23-6-1-3-19(25(18)23)26(30)32/h1-11,13H,14H2,(H2,30,32). The Balaban J connectivity index is 1.82. The van der Waals surface area contributed by atoms with Crippen LogP contribution in [0.25, 0.3) is 32.9 Å². The molecule has 6 heteroatoms. The highest BCUT2D eigenvalue weighted by molar-refractivity contribution is 6.30. The zero-order valence-corrected chi connectivity index (χ0v) is 17.5. The monoisotopic (exact) mass is 445 g/mol. The number of hydrogen-bond donors (Lipinski definition) is 1. The fraction of sp³-hybridized carbons (Fsp3) is 0.0385. The number of amides is 1. The first-order chi connectivity index (χ1) is 15.4. The molecule has 1 heterocycles. The van der Waals surface area contributed by atoms with Crippen LogP contribution in [0, 0.1) is 17.7 Å². The topological polar surface area (TPSA) is 48.0 Å². The van der Waals surface area contributed by atoms with Gasteiger partial charge in [0, 0.05) is 26.9 Å². The predicted octanol–water partition coefficient (Wildman–Crippen LogP) is 6.34. The molecule has 0 saturated carbocycles. The van der Waals surface area contributed by atoms with E-state index in [4.69, 9.17) is 17.3 Å². The number of carbonyl (C=O) groups is 1. The second kappa shape index (κ2) is 7.77. The van der Waals surface area contributed by atoms with Crippen molar-refractivity contribution in [2.45, 2.75) is 6.54 Å². The Labute approximate surface area is 187 Å². The Hall–Kier alpha value is -3.70. The van der Waals surface area contributed by atoms with Crippen LogP contribution < -0.4 is 5.73 Å². The summed E-state index contributed by atoms with van der Waals surface area (Å²) in [5.41, 5.74) is 8.98. The molecular weight excluding hydrogens is 430 g/mol. The summed E-state index contributed by atoms with van der Waals surface area (Å²) in [6.45, 7) is -0.0569. The van der Waals surface area contributed by atoms with Crippen molar-refractivity contribution in [3.8, 4) is 11.1 Å². The molecule has 0 aliphatic carbocycles. The van der Waals surface area contributed by atoms with Crippen LogP contribution in [0.5, 0.6) is 0 Å². The molecule has 32 heavy (non-hydrogen) atoms. The SMILES string of the molecule is NC(=O)c1cccc2c1c1[c]cc(-c3ccc(Cl)cc3)cc1n2Cc1c(F)cccc1F. The molecule has 1 radical (unpaired) electrons. The van der Waals surface area contributed by atoms with E-state index in [1.54, 1.807) is 34.9 Å². The summed E-state index contributed by atoms with van der Waals surface area (Å²) in [5, 5.41) is 1.88. The highest BCUT2D eigenvalue weighted by atomic mass is 35.5. The van der Waals surface area contributed by atoms with Crippen LogP contribution in [-0.4, -0.2) is 10.5 Å². The van der Waals surface area contributed by atoms with Gasteiger partial charge in [-0.15, -0.1) is 0 Å². The predicted molar refractivity (Wildman–Crippen MR) is 123 cm³/mol. The molecule has 0 aliphatic rings. The van der Waals surface area contributed by atoms with Gasteiger partial charge in [-0.3, -0.25) is 4.79 Å². The number of carbonyl (C=O) groups excluding carboxylic acids is 1. The first-order valence-electron chi connectivity index (χ1n) is 9.89. The summed E-state index contributed by atoms with van der Waals surface area (Å²) in [5.74, 6) is -1.85. The second-order valence-corrected chi connectivity index (χ2v) is 7.94. The quantitative estimate of drug-likeness (QED) is 0.344. The molecule has 1 amide bonds. The smallest absolute Gasteiger partial charge is 0.249 e. The van der Waals surface area contributed by atoms with Crippen LogP contribution in [-0.2, 0) is 6.54 Å². The van der Waals surface area contributed by atoms with Crippen molar-refractivity contribution in [3.63, 3.8) is 0 Å². The molecule has 157 valence electrons. The minimum Gasteiger partial charge on any atom is -0.366 e. The summed E-state index contributed by atoms with van der Waals surface area (Å²) in [6.07, 6.45) is 0. The fourth-order valence-electron chi connectivity index (χ4n) is 4.08. The van der Waals surface area contributed by atoms with E-state index in [1.807, 2.05) is 24.3 Å². The van der Waals surface area contributed by atoms with E-state index in [-0.39, 0.29) is 12.1 Å². The van der Waals surface area contributed by atoms with Gasteiger partial charge in [-0.25, -0.2) is 8.78 Å². The highest BCUT2D eigenvalue weighted by Crippen LogP contribution is 2.35. The Morgan fingerprint density at radius 3 is 2.31 bits per heavy atom. The molecule has 0 fully saturated rings. The minimum atomic E-state index is -0.635. The molecule has 0 bridgehead atoms. The Morgan fingerprint density at radius 1 is 0.938 bits per heavy atom. The normalized spacial score (nSPS) is 11.3. The number of halogens is 3. The molecule has 1 aromatic heterocycles. The molecule has 0 atom stereocenters. The van der Waals surface area contributed by atoms with Gasteiger partial charge in [0.05, 0.1) is 17.6 Å². The lowest BCUT2D eigenvalue weighted by Gasteiger charge is -2.11. The number of nitrogens with zero attached hydrogens (tertiary/aromatic N) is 1. The third-order valence-corrected chi connectivity index (χ3v) is 5.87. The first kappa shape index (κ1) is 20.2. The van der Waals surface area contributed by atoms with Crippen molar-refractivity contribution >= 4 is 39.3 Å². The van der Waals surface area contributed by atoms with Gasteiger partial charge in [-0.1, -0.05) is 35.9 Å². The molecule has 0 spiro atoms. The summed E-state index contributed by atoms with van der Waals surface area (Å²) < 4.78 is 30.8. The van der Waals surface area contributed by atoms with E-state index in [1.165, 1.54) is 18.2 Å². The van der Waals surface area contributed by atoms with E-state index in [0.717, 1.165) is 11.1 Å². The molecule has 5 rings (SSSR count). The van der Waals surface area contributed by atoms with Gasteiger partial charge in [-0.2, -0.15) is 0 Å². The van der Waals surface area contributed by atoms with Gasteiger partial charge in [0.25, 0.3) is 0 Å². The fourth-order valence-corrected chi connectivity index (χ4v) is 4.21. The summed E-state index contributed by atoms with van der Waals surface area (Å²) in [7, 11) is 0. The number of rotatable bonds is 4. The Kier molecular flexibility index (Phi) is 4.91. The number of aromatic nitrogens is 1. The van der Waals surface area contributed by atoms with Crippen molar-refractivity contribution in [1.82, 2.24) is 4.57 Å². The minimum absolute atomic E-state index is 0.0569. The molecule has 2 N–H and O–H groups in total. The number of hydrogen-bond acceptors (Lipinski definition) is 1. The lowest BCUT2D eigenvalue weighted by Crippen LogP contribution is -2.11. The average Bonchev–Trinajstić information content (AvgIpc) is 3.09. The molecule has 3 nitrogen and oxygen atoms in total. The van der Waals surface area contributed by atoms with Crippen LogP contribution in [0.4, 0.5) is 8.78 Å². The van der Waals surface area contributed by atoms with Crippen LogP contribution in [0.3, 0.4) is 0 Å². The van der Waals surface area contributed by atoms with Crippen LogP contribution in [0.15, 0.2) is 72.8 Å². The van der Waals surface area contributed by atoms with Crippen molar-refractivity contribution in [1.29, 1.82) is 0 Å². The van der Waals surface area contributed by atoms with E-state index in [0.29, 0.717) is 32.4 Å². The van der Waals surface area contributed by atoms with Crippen molar-refractivity contribution in [3.05, 3.63) is 107 Å². The molecule has 0 saturated heterocycles. The van der Waals surface area contributed by atoms with Gasteiger partial charge in [0.1, 0.15) is 11.6 Å². The molecule has 4 aromatic carbocycles. The average molecular weight is 446 g/mol. The molecule has 5 aromatic rings. The lowest BCUT2D eigenvalue weighted by molar-refractivity contribution is 0.100. The highest BCUT2D eigenvalue weighted by Gasteiger charge is 2.19. The van der Waals surface area contributed by atoms with Crippen molar-refractivity contribution < 1.29 is 13.6 Å². The van der Waals surface area contributed by atoms with E-state index >= 15 is 0 Å². The van der Waals surface area contributed by atoms with Gasteiger partial charge in [0.2, 0.25) is 5.91 Å². The Morgan fingerprint density at radius 2 is 1.62 bits per heavy atom. The number of primary amides is 1. The maximum Gasteiger partial charge on any atom is 0.249 e. The zero-order chi connectivity index (χ0) is 22.4.